The summed E-state index contributed by atoms with van der Waals surface area (Å²) in [7, 11) is 0. The van der Waals surface area contributed by atoms with E-state index in [1.54, 1.807) is 0 Å². The molecule has 3 nitrogen and oxygen atoms in total. The molecule has 2 N–H and O–H groups in total. The quantitative estimate of drug-likeness (QED) is 0.672. The van der Waals surface area contributed by atoms with E-state index in [1.165, 1.54) is 32.1 Å². The van der Waals surface area contributed by atoms with Gasteiger partial charge in [-0.3, -0.25) is 4.90 Å². The molecule has 1 heterocycles. The normalized spacial score (nSPS) is 48.6. The van der Waals surface area contributed by atoms with E-state index in [1.807, 2.05) is 0 Å². The molecular formula is C11H20N2O. The van der Waals surface area contributed by atoms with Gasteiger partial charge in [0.2, 0.25) is 0 Å². The minimum Gasteiger partial charge on any atom is -0.375 e. The van der Waals surface area contributed by atoms with E-state index in [9.17, 15) is 0 Å². The first kappa shape index (κ1) is 9.13. The molecule has 0 aromatic heterocycles. The van der Waals surface area contributed by atoms with Crippen molar-refractivity contribution in [3.63, 3.8) is 0 Å². The fraction of sp³-hybridized carbons (Fsp3) is 1.00. The molecule has 1 aliphatic heterocycles. The van der Waals surface area contributed by atoms with E-state index >= 15 is 0 Å². The minimum atomic E-state index is 0.475. The molecule has 2 saturated carbocycles. The summed E-state index contributed by atoms with van der Waals surface area (Å²) < 4.78 is 5.80. The van der Waals surface area contributed by atoms with Crippen molar-refractivity contribution >= 4 is 0 Å². The molecule has 80 valence electrons. The molecular weight excluding hydrogens is 176 g/mol. The van der Waals surface area contributed by atoms with Gasteiger partial charge in [0.05, 0.1) is 12.7 Å². The van der Waals surface area contributed by atoms with E-state index in [4.69, 9.17) is 10.5 Å². The third-order valence-corrected chi connectivity index (χ3v) is 4.14. The summed E-state index contributed by atoms with van der Waals surface area (Å²) in [6, 6.07) is 1.98. The second-order valence-corrected chi connectivity index (χ2v) is 5.03. The van der Waals surface area contributed by atoms with Crippen molar-refractivity contribution in [2.24, 2.45) is 5.73 Å². The van der Waals surface area contributed by atoms with E-state index < -0.39 is 0 Å². The monoisotopic (exact) mass is 196 g/mol. The van der Waals surface area contributed by atoms with Gasteiger partial charge >= 0.3 is 0 Å². The lowest BCUT2D eigenvalue weighted by atomic mass is 9.85. The van der Waals surface area contributed by atoms with Crippen LogP contribution in [0, 0.1) is 0 Å². The Hall–Kier alpha value is -0.120. The fourth-order valence-electron chi connectivity index (χ4n) is 3.31. The molecule has 3 heteroatoms. The molecule has 0 aromatic rings. The molecule has 0 aromatic carbocycles. The van der Waals surface area contributed by atoms with Crippen molar-refractivity contribution in [2.75, 3.05) is 13.2 Å². The maximum Gasteiger partial charge on any atom is 0.0731 e. The second-order valence-electron chi connectivity index (χ2n) is 5.03. The van der Waals surface area contributed by atoms with Crippen LogP contribution in [0.15, 0.2) is 0 Å². The lowest BCUT2D eigenvalue weighted by Gasteiger charge is -2.48. The third-order valence-electron chi connectivity index (χ3n) is 4.14. The topological polar surface area (TPSA) is 38.5 Å². The summed E-state index contributed by atoms with van der Waals surface area (Å²) in [5.74, 6) is 0. The predicted molar refractivity (Wildman–Crippen MR) is 55.1 cm³/mol. The zero-order valence-corrected chi connectivity index (χ0v) is 8.69. The Morgan fingerprint density at radius 2 is 2.07 bits per heavy atom. The highest BCUT2D eigenvalue weighted by Gasteiger charge is 2.42. The van der Waals surface area contributed by atoms with Crippen LogP contribution in [-0.2, 0) is 4.74 Å². The van der Waals surface area contributed by atoms with Crippen LogP contribution in [-0.4, -0.2) is 42.3 Å². The van der Waals surface area contributed by atoms with Gasteiger partial charge in [-0.25, -0.2) is 0 Å². The minimum absolute atomic E-state index is 0.475. The highest BCUT2D eigenvalue weighted by atomic mass is 16.5. The largest absolute Gasteiger partial charge is 0.375 e. The Bertz CT molecular complexity index is 215. The summed E-state index contributed by atoms with van der Waals surface area (Å²) in [6.07, 6.45) is 6.94. The molecule has 0 bridgehead atoms. The molecule has 3 fully saturated rings. The molecule has 14 heavy (non-hydrogen) atoms. The number of fused-ring (bicyclic) bond motifs is 1. The van der Waals surface area contributed by atoms with Crippen molar-refractivity contribution in [3.05, 3.63) is 0 Å². The molecule has 3 aliphatic rings. The molecule has 2 aliphatic carbocycles. The van der Waals surface area contributed by atoms with Crippen LogP contribution < -0.4 is 5.73 Å². The number of morpholine rings is 1. The molecule has 0 spiro atoms. The molecule has 0 amide bonds. The van der Waals surface area contributed by atoms with Gasteiger partial charge in [-0.2, -0.15) is 0 Å². The third kappa shape index (κ3) is 1.38. The van der Waals surface area contributed by atoms with Gasteiger partial charge in [-0.15, -0.1) is 0 Å². The lowest BCUT2D eigenvalue weighted by molar-refractivity contribution is -0.0858. The summed E-state index contributed by atoms with van der Waals surface area (Å²) in [4.78, 5) is 2.69. The summed E-state index contributed by atoms with van der Waals surface area (Å²) in [5, 5.41) is 0. The molecule has 1 saturated heterocycles. The molecule has 0 radical (unpaired) electrons. The van der Waals surface area contributed by atoms with Gasteiger partial charge in [0, 0.05) is 24.7 Å². The number of hydrogen-bond donors (Lipinski definition) is 1. The van der Waals surface area contributed by atoms with Gasteiger partial charge < -0.3 is 10.5 Å². The van der Waals surface area contributed by atoms with E-state index in [0.29, 0.717) is 12.1 Å². The number of hydrogen-bond acceptors (Lipinski definition) is 3. The van der Waals surface area contributed by atoms with Crippen LogP contribution >= 0.6 is 0 Å². The zero-order valence-electron chi connectivity index (χ0n) is 8.69. The SMILES string of the molecule is NC1CC(N2CCOC3CCCC32)C1. The molecule has 2 atom stereocenters. The Kier molecular flexibility index (Phi) is 2.26. The van der Waals surface area contributed by atoms with Crippen LogP contribution in [0.5, 0.6) is 0 Å². The van der Waals surface area contributed by atoms with Crippen LogP contribution in [0.4, 0.5) is 0 Å². The summed E-state index contributed by atoms with van der Waals surface area (Å²) in [5.41, 5.74) is 5.85. The zero-order chi connectivity index (χ0) is 9.54. The van der Waals surface area contributed by atoms with Gasteiger partial charge in [-0.1, -0.05) is 0 Å². The predicted octanol–water partition coefficient (Wildman–Crippen LogP) is 0.729. The number of rotatable bonds is 1. The number of nitrogens with zero attached hydrogens (tertiary/aromatic N) is 1. The standard InChI is InChI=1S/C11H20N2O/c12-8-6-9(7-8)13-4-5-14-11-3-1-2-10(11)13/h8-11H,1-7,12H2. The van der Waals surface area contributed by atoms with Crippen LogP contribution in [0.25, 0.3) is 0 Å². The van der Waals surface area contributed by atoms with Gasteiger partial charge in [0.1, 0.15) is 0 Å². The first-order valence-electron chi connectivity index (χ1n) is 5.97. The maximum absolute atomic E-state index is 5.85. The smallest absolute Gasteiger partial charge is 0.0731 e. The fourth-order valence-corrected chi connectivity index (χ4v) is 3.31. The Labute approximate surface area is 85.6 Å². The van der Waals surface area contributed by atoms with Crippen molar-refractivity contribution in [1.29, 1.82) is 0 Å². The summed E-state index contributed by atoms with van der Waals surface area (Å²) >= 11 is 0. The lowest BCUT2D eigenvalue weighted by Crippen LogP contribution is -2.59. The van der Waals surface area contributed by atoms with Gasteiger partial charge in [0.15, 0.2) is 0 Å². The second kappa shape index (κ2) is 3.47. The Balaban J connectivity index is 1.66. The Morgan fingerprint density at radius 3 is 2.86 bits per heavy atom. The van der Waals surface area contributed by atoms with E-state index in [0.717, 1.165) is 25.2 Å². The van der Waals surface area contributed by atoms with Crippen molar-refractivity contribution in [1.82, 2.24) is 4.90 Å². The first-order valence-corrected chi connectivity index (χ1v) is 5.97. The molecule has 2 unspecified atom stereocenters. The number of ether oxygens (including phenoxy) is 1. The number of nitrogens with two attached hydrogens (primary N) is 1. The average Bonchev–Trinajstić information content (AvgIpc) is 2.60. The van der Waals surface area contributed by atoms with Gasteiger partial charge in [-0.05, 0) is 32.1 Å². The van der Waals surface area contributed by atoms with Crippen molar-refractivity contribution < 1.29 is 4.74 Å². The van der Waals surface area contributed by atoms with E-state index in [-0.39, 0.29) is 0 Å². The first-order chi connectivity index (χ1) is 6.84. The van der Waals surface area contributed by atoms with Crippen LogP contribution in [0.2, 0.25) is 0 Å². The van der Waals surface area contributed by atoms with Gasteiger partial charge in [0.25, 0.3) is 0 Å². The van der Waals surface area contributed by atoms with Crippen molar-refractivity contribution in [2.45, 2.75) is 56.3 Å². The van der Waals surface area contributed by atoms with E-state index in [2.05, 4.69) is 4.90 Å². The maximum atomic E-state index is 5.85. The van der Waals surface area contributed by atoms with Crippen LogP contribution in [0.1, 0.15) is 32.1 Å². The molecule has 3 rings (SSSR count). The average molecular weight is 196 g/mol. The Morgan fingerprint density at radius 1 is 1.21 bits per heavy atom. The highest BCUT2D eigenvalue weighted by molar-refractivity contribution is 4.97. The van der Waals surface area contributed by atoms with Crippen LogP contribution in [0.3, 0.4) is 0 Å². The van der Waals surface area contributed by atoms with Crippen molar-refractivity contribution in [3.8, 4) is 0 Å². The highest BCUT2D eigenvalue weighted by Crippen LogP contribution is 2.35. The summed E-state index contributed by atoms with van der Waals surface area (Å²) in [6.45, 7) is 2.07.